The van der Waals surface area contributed by atoms with Crippen molar-refractivity contribution in [3.05, 3.63) is 47.0 Å². The van der Waals surface area contributed by atoms with Gasteiger partial charge in [0.1, 0.15) is 0 Å². The Morgan fingerprint density at radius 2 is 2.00 bits per heavy atom. The number of nitrogens with zero attached hydrogens (tertiary/aromatic N) is 1. The molecule has 0 aliphatic heterocycles. The second kappa shape index (κ2) is 7.74. The van der Waals surface area contributed by atoms with Gasteiger partial charge in [-0.3, -0.25) is 4.79 Å². The van der Waals surface area contributed by atoms with Crippen LogP contribution in [0.3, 0.4) is 0 Å². The maximum atomic E-state index is 11.8. The highest BCUT2D eigenvalue weighted by Gasteiger charge is 2.03. The molecule has 0 bridgehead atoms. The molecule has 0 aliphatic rings. The number of rotatable bonds is 6. The van der Waals surface area contributed by atoms with Gasteiger partial charge in [-0.25, -0.2) is 0 Å². The van der Waals surface area contributed by atoms with Gasteiger partial charge in [-0.05, 0) is 38.6 Å². The first-order valence-electron chi connectivity index (χ1n) is 6.70. The normalized spacial score (nSPS) is 11.7. The highest BCUT2D eigenvalue weighted by molar-refractivity contribution is 5.92. The average Bonchev–Trinajstić information content (AvgIpc) is 2.36. The molecule has 1 N–H and O–H groups in total. The highest BCUT2D eigenvalue weighted by atomic mass is 16.1. The Morgan fingerprint density at radius 1 is 1.32 bits per heavy atom. The van der Waals surface area contributed by atoms with Gasteiger partial charge in [0.15, 0.2) is 0 Å². The Morgan fingerprint density at radius 3 is 2.63 bits per heavy atom. The lowest BCUT2D eigenvalue weighted by atomic mass is 10.1. The number of carbonyl (C=O) groups is 1. The van der Waals surface area contributed by atoms with Crippen LogP contribution in [0.4, 0.5) is 0 Å². The van der Waals surface area contributed by atoms with Gasteiger partial charge in [0.2, 0.25) is 5.91 Å². The van der Waals surface area contributed by atoms with Crippen molar-refractivity contribution in [2.24, 2.45) is 0 Å². The van der Waals surface area contributed by atoms with E-state index in [-0.39, 0.29) is 5.91 Å². The van der Waals surface area contributed by atoms with Crippen LogP contribution in [0.5, 0.6) is 0 Å². The van der Waals surface area contributed by atoms with Gasteiger partial charge >= 0.3 is 0 Å². The first-order valence-corrected chi connectivity index (χ1v) is 6.70. The summed E-state index contributed by atoms with van der Waals surface area (Å²) in [4.78, 5) is 13.9. The van der Waals surface area contributed by atoms with E-state index in [9.17, 15) is 4.79 Å². The van der Waals surface area contributed by atoms with E-state index in [0.717, 1.165) is 24.1 Å². The number of benzene rings is 1. The topological polar surface area (TPSA) is 32.3 Å². The fourth-order valence-corrected chi connectivity index (χ4v) is 1.92. The number of allylic oxidation sites excluding steroid dienone is 1. The predicted molar refractivity (Wildman–Crippen MR) is 79.7 cm³/mol. The molecule has 0 fully saturated rings. The van der Waals surface area contributed by atoms with Gasteiger partial charge in [0.25, 0.3) is 0 Å². The third-order valence-corrected chi connectivity index (χ3v) is 2.81. The van der Waals surface area contributed by atoms with Crippen LogP contribution in [0.15, 0.2) is 35.9 Å². The van der Waals surface area contributed by atoms with Gasteiger partial charge < -0.3 is 10.2 Å². The van der Waals surface area contributed by atoms with Gasteiger partial charge in [-0.2, -0.15) is 0 Å². The van der Waals surface area contributed by atoms with Crippen molar-refractivity contribution in [1.29, 1.82) is 0 Å². The quantitative estimate of drug-likeness (QED) is 0.798. The molecule has 104 valence electrons. The van der Waals surface area contributed by atoms with Crippen molar-refractivity contribution in [3.8, 4) is 0 Å². The predicted octanol–water partition coefficient (Wildman–Crippen LogP) is 2.72. The van der Waals surface area contributed by atoms with Gasteiger partial charge in [0.05, 0.1) is 0 Å². The van der Waals surface area contributed by atoms with E-state index in [2.05, 4.69) is 22.3 Å². The average molecular weight is 260 g/mol. The van der Waals surface area contributed by atoms with E-state index >= 15 is 0 Å². The maximum Gasteiger partial charge on any atom is 0.246 e. The highest BCUT2D eigenvalue weighted by Crippen LogP contribution is 2.07. The third-order valence-electron chi connectivity index (χ3n) is 2.81. The molecule has 0 saturated heterocycles. The molecule has 0 aliphatic carbocycles. The summed E-state index contributed by atoms with van der Waals surface area (Å²) in [6.07, 6.45) is 2.83. The number of amides is 1. The zero-order chi connectivity index (χ0) is 14.3. The van der Waals surface area contributed by atoms with Crippen LogP contribution in [0, 0.1) is 0 Å². The Kier molecular flexibility index (Phi) is 6.30. The molecule has 0 atom stereocenters. The molecule has 19 heavy (non-hydrogen) atoms. The molecule has 1 aromatic carbocycles. The van der Waals surface area contributed by atoms with Crippen molar-refractivity contribution in [2.45, 2.75) is 33.4 Å². The molecule has 0 saturated carbocycles. The molecule has 0 radical (unpaired) electrons. The minimum atomic E-state index is 0.0138. The lowest BCUT2D eigenvalue weighted by molar-refractivity contribution is -0.117. The summed E-state index contributed by atoms with van der Waals surface area (Å²) >= 11 is 0. The van der Waals surface area contributed by atoms with E-state index in [1.807, 2.05) is 46.2 Å². The van der Waals surface area contributed by atoms with E-state index in [4.69, 9.17) is 0 Å². The molecule has 3 heteroatoms. The SMILES string of the molecule is CC/C=C(/C)C(=O)NCc1cccc(CN(C)C)c1. The third kappa shape index (κ3) is 5.71. The second-order valence-corrected chi connectivity index (χ2v) is 5.04. The van der Waals surface area contributed by atoms with E-state index in [0.29, 0.717) is 6.54 Å². The van der Waals surface area contributed by atoms with E-state index in [1.165, 1.54) is 5.56 Å². The Hall–Kier alpha value is -1.61. The van der Waals surface area contributed by atoms with Gasteiger partial charge in [-0.15, -0.1) is 0 Å². The van der Waals surface area contributed by atoms with Crippen LogP contribution < -0.4 is 5.32 Å². The van der Waals surface area contributed by atoms with Gasteiger partial charge in [-0.1, -0.05) is 37.3 Å². The first kappa shape index (κ1) is 15.4. The zero-order valence-electron chi connectivity index (χ0n) is 12.4. The van der Waals surface area contributed by atoms with Crippen LogP contribution in [0.1, 0.15) is 31.4 Å². The smallest absolute Gasteiger partial charge is 0.246 e. The minimum absolute atomic E-state index is 0.0138. The molecule has 0 aromatic heterocycles. The molecule has 1 amide bonds. The molecule has 1 rings (SSSR count). The van der Waals surface area contributed by atoms with Gasteiger partial charge in [0, 0.05) is 18.7 Å². The number of carbonyl (C=O) groups excluding carboxylic acids is 1. The zero-order valence-corrected chi connectivity index (χ0v) is 12.4. The lowest BCUT2D eigenvalue weighted by Crippen LogP contribution is -2.23. The summed E-state index contributed by atoms with van der Waals surface area (Å²) in [5.74, 6) is 0.0138. The standard InChI is InChI=1S/C16H24N2O/c1-5-7-13(2)16(19)17-11-14-8-6-9-15(10-14)12-18(3)4/h6-10H,5,11-12H2,1-4H3,(H,17,19)/b13-7-. The largest absolute Gasteiger partial charge is 0.348 e. The Balaban J connectivity index is 2.58. The fourth-order valence-electron chi connectivity index (χ4n) is 1.92. The molecule has 0 spiro atoms. The summed E-state index contributed by atoms with van der Waals surface area (Å²) in [5, 5.41) is 2.94. The molecule has 0 heterocycles. The van der Waals surface area contributed by atoms with Crippen molar-refractivity contribution in [3.63, 3.8) is 0 Å². The number of hydrogen-bond acceptors (Lipinski definition) is 2. The second-order valence-electron chi connectivity index (χ2n) is 5.04. The van der Waals surface area contributed by atoms with Crippen molar-refractivity contribution < 1.29 is 4.79 Å². The monoisotopic (exact) mass is 260 g/mol. The van der Waals surface area contributed by atoms with E-state index in [1.54, 1.807) is 0 Å². The van der Waals surface area contributed by atoms with Crippen molar-refractivity contribution in [1.82, 2.24) is 10.2 Å². The van der Waals surface area contributed by atoms with Crippen LogP contribution in [-0.2, 0) is 17.9 Å². The van der Waals surface area contributed by atoms with E-state index < -0.39 is 0 Å². The summed E-state index contributed by atoms with van der Waals surface area (Å²) in [5.41, 5.74) is 3.18. The summed E-state index contributed by atoms with van der Waals surface area (Å²) in [6, 6.07) is 8.32. The van der Waals surface area contributed by atoms with Crippen LogP contribution >= 0.6 is 0 Å². The minimum Gasteiger partial charge on any atom is -0.348 e. The first-order chi connectivity index (χ1) is 9.02. The van der Waals surface area contributed by atoms with Crippen LogP contribution in [-0.4, -0.2) is 24.9 Å². The summed E-state index contributed by atoms with van der Waals surface area (Å²) in [6.45, 7) is 5.37. The maximum absolute atomic E-state index is 11.8. The lowest BCUT2D eigenvalue weighted by Gasteiger charge is -2.11. The number of nitrogens with one attached hydrogen (secondary N) is 1. The van der Waals surface area contributed by atoms with Crippen molar-refractivity contribution in [2.75, 3.05) is 14.1 Å². The molecule has 3 nitrogen and oxygen atoms in total. The molecular formula is C16H24N2O. The molecule has 0 unspecified atom stereocenters. The van der Waals surface area contributed by atoms with Crippen LogP contribution in [0.25, 0.3) is 0 Å². The molecular weight excluding hydrogens is 236 g/mol. The Bertz CT molecular complexity index is 450. The van der Waals surface area contributed by atoms with Crippen LogP contribution in [0.2, 0.25) is 0 Å². The summed E-state index contributed by atoms with van der Waals surface area (Å²) in [7, 11) is 4.10. The Labute approximate surface area is 116 Å². The fraction of sp³-hybridized carbons (Fsp3) is 0.438. The summed E-state index contributed by atoms with van der Waals surface area (Å²) < 4.78 is 0. The number of hydrogen-bond donors (Lipinski definition) is 1. The van der Waals surface area contributed by atoms with Crippen molar-refractivity contribution >= 4 is 5.91 Å². The molecule has 1 aromatic rings.